The predicted molar refractivity (Wildman–Crippen MR) is 117 cm³/mol. The summed E-state index contributed by atoms with van der Waals surface area (Å²) in [7, 11) is 1.64. The number of hydrazone groups is 1. The Morgan fingerprint density at radius 3 is 2.61 bits per heavy atom. The fraction of sp³-hybridized carbons (Fsp3) is 0.304. The van der Waals surface area contributed by atoms with Gasteiger partial charge in [0.2, 0.25) is 5.89 Å². The van der Waals surface area contributed by atoms with E-state index in [1.165, 1.54) is 11.8 Å². The first kappa shape index (κ1) is 19.8. The molecule has 1 saturated carbocycles. The van der Waals surface area contributed by atoms with Gasteiger partial charge in [0, 0.05) is 12.3 Å². The second-order valence-electron chi connectivity index (χ2n) is 7.61. The molecule has 1 atom stereocenters. The Bertz CT molecular complexity index is 1090. The third-order valence-corrected chi connectivity index (χ3v) is 6.24. The molecule has 3 aromatic rings. The quantitative estimate of drug-likeness (QED) is 0.512. The number of carbonyl (C=O) groups is 1. The normalized spacial score (nSPS) is 18.2. The fourth-order valence-electron chi connectivity index (χ4n) is 3.59. The van der Waals surface area contributed by atoms with Gasteiger partial charge < -0.3 is 9.15 Å². The molecule has 7 nitrogen and oxygen atoms in total. The van der Waals surface area contributed by atoms with E-state index in [2.05, 4.69) is 10.2 Å². The van der Waals surface area contributed by atoms with Crippen molar-refractivity contribution in [2.24, 2.45) is 5.10 Å². The van der Waals surface area contributed by atoms with Crippen LogP contribution in [0.1, 0.15) is 48.2 Å². The van der Waals surface area contributed by atoms with Crippen molar-refractivity contribution in [3.8, 4) is 5.75 Å². The number of amides is 1. The summed E-state index contributed by atoms with van der Waals surface area (Å²) in [4.78, 5) is 13.1. The number of hydrogen-bond donors (Lipinski definition) is 0. The van der Waals surface area contributed by atoms with Crippen LogP contribution in [-0.4, -0.2) is 39.7 Å². The second kappa shape index (κ2) is 8.55. The third kappa shape index (κ3) is 4.34. The fourth-order valence-corrected chi connectivity index (χ4v) is 4.22. The van der Waals surface area contributed by atoms with Crippen molar-refractivity contribution in [2.75, 3.05) is 12.9 Å². The van der Waals surface area contributed by atoms with Crippen molar-refractivity contribution in [1.29, 1.82) is 0 Å². The highest BCUT2D eigenvalue weighted by molar-refractivity contribution is 7.99. The van der Waals surface area contributed by atoms with E-state index in [1.54, 1.807) is 12.1 Å². The van der Waals surface area contributed by atoms with Gasteiger partial charge in [-0.1, -0.05) is 54.2 Å². The molecule has 1 aliphatic carbocycles. The number of benzene rings is 2. The average Bonchev–Trinajstić information content (AvgIpc) is 3.39. The molecule has 8 heteroatoms. The summed E-state index contributed by atoms with van der Waals surface area (Å²) in [5, 5.41) is 14.9. The maximum absolute atomic E-state index is 13.1. The van der Waals surface area contributed by atoms with Crippen molar-refractivity contribution in [1.82, 2.24) is 15.2 Å². The van der Waals surface area contributed by atoms with Crippen molar-refractivity contribution in [3.63, 3.8) is 0 Å². The third-order valence-electron chi connectivity index (χ3n) is 5.44. The second-order valence-corrected chi connectivity index (χ2v) is 8.54. The van der Waals surface area contributed by atoms with Crippen molar-refractivity contribution < 1.29 is 13.9 Å². The highest BCUT2D eigenvalue weighted by Gasteiger charge is 2.34. The Morgan fingerprint density at radius 2 is 1.90 bits per heavy atom. The zero-order valence-corrected chi connectivity index (χ0v) is 17.9. The summed E-state index contributed by atoms with van der Waals surface area (Å²) in [6, 6.07) is 17.6. The Balaban J connectivity index is 1.35. The minimum atomic E-state index is -0.168. The van der Waals surface area contributed by atoms with Crippen molar-refractivity contribution in [3.05, 3.63) is 71.6 Å². The minimum absolute atomic E-state index is 0.0945. The molecule has 5 rings (SSSR count). The van der Waals surface area contributed by atoms with Gasteiger partial charge in [0.15, 0.2) is 0 Å². The molecule has 158 valence electrons. The van der Waals surface area contributed by atoms with Gasteiger partial charge in [-0.05, 0) is 36.1 Å². The number of carbonyl (C=O) groups excluding carboxylic acids is 1. The van der Waals surface area contributed by atoms with Gasteiger partial charge in [-0.3, -0.25) is 4.79 Å². The molecular formula is C23H22N4O3S. The molecular weight excluding hydrogens is 412 g/mol. The Morgan fingerprint density at radius 1 is 1.13 bits per heavy atom. The Hall–Kier alpha value is -3.13. The minimum Gasteiger partial charge on any atom is -0.497 e. The molecule has 1 amide bonds. The Labute approximate surface area is 184 Å². The lowest BCUT2D eigenvalue weighted by Gasteiger charge is -2.22. The summed E-state index contributed by atoms with van der Waals surface area (Å²) >= 11 is 1.26. The molecule has 1 aromatic heterocycles. The van der Waals surface area contributed by atoms with Crippen LogP contribution in [0, 0.1) is 0 Å². The van der Waals surface area contributed by atoms with Crippen LogP contribution >= 0.6 is 11.8 Å². The molecule has 0 spiro atoms. The maximum Gasteiger partial charge on any atom is 0.277 e. The first-order valence-electron chi connectivity index (χ1n) is 10.3. The van der Waals surface area contributed by atoms with E-state index in [1.807, 2.05) is 54.6 Å². The molecule has 0 N–H and O–H groups in total. The average molecular weight is 435 g/mol. The largest absolute Gasteiger partial charge is 0.497 e. The van der Waals surface area contributed by atoms with Crippen LogP contribution in [0.15, 0.2) is 69.3 Å². The van der Waals surface area contributed by atoms with E-state index in [9.17, 15) is 4.79 Å². The van der Waals surface area contributed by atoms with Gasteiger partial charge >= 0.3 is 0 Å². The lowest BCUT2D eigenvalue weighted by Crippen LogP contribution is -2.28. The molecule has 0 unspecified atom stereocenters. The predicted octanol–water partition coefficient (Wildman–Crippen LogP) is 4.43. The molecule has 1 aliphatic heterocycles. The van der Waals surface area contributed by atoms with Gasteiger partial charge in [0.05, 0.1) is 24.6 Å². The summed E-state index contributed by atoms with van der Waals surface area (Å²) < 4.78 is 10.9. The number of nitrogens with zero attached hydrogens (tertiary/aromatic N) is 4. The van der Waals surface area contributed by atoms with Crippen LogP contribution < -0.4 is 4.74 Å². The maximum atomic E-state index is 13.1. The van der Waals surface area contributed by atoms with E-state index in [0.717, 1.165) is 35.4 Å². The first-order valence-corrected chi connectivity index (χ1v) is 11.2. The van der Waals surface area contributed by atoms with E-state index < -0.39 is 0 Å². The van der Waals surface area contributed by atoms with Crippen molar-refractivity contribution >= 4 is 23.4 Å². The first-order chi connectivity index (χ1) is 15.2. The molecule has 2 aromatic carbocycles. The van der Waals surface area contributed by atoms with E-state index >= 15 is 0 Å². The van der Waals surface area contributed by atoms with Gasteiger partial charge in [-0.2, -0.15) is 5.10 Å². The topological polar surface area (TPSA) is 80.8 Å². The number of ether oxygens (including phenoxy) is 1. The smallest absolute Gasteiger partial charge is 0.277 e. The zero-order chi connectivity index (χ0) is 21.2. The highest BCUT2D eigenvalue weighted by Crippen LogP contribution is 2.40. The van der Waals surface area contributed by atoms with Crippen LogP contribution in [0.5, 0.6) is 5.75 Å². The molecule has 2 aliphatic rings. The summed E-state index contributed by atoms with van der Waals surface area (Å²) in [5.41, 5.74) is 2.94. The summed E-state index contributed by atoms with van der Waals surface area (Å²) in [6.07, 6.45) is 2.85. The van der Waals surface area contributed by atoms with Gasteiger partial charge in [-0.25, -0.2) is 5.01 Å². The van der Waals surface area contributed by atoms with E-state index in [0.29, 0.717) is 23.5 Å². The van der Waals surface area contributed by atoms with Crippen LogP contribution in [0.25, 0.3) is 0 Å². The monoisotopic (exact) mass is 434 g/mol. The molecule has 2 heterocycles. The number of hydrogen-bond acceptors (Lipinski definition) is 7. The van der Waals surface area contributed by atoms with Crippen LogP contribution in [0.4, 0.5) is 0 Å². The summed E-state index contributed by atoms with van der Waals surface area (Å²) in [5.74, 6) is 1.94. The molecule has 0 radical (unpaired) electrons. The van der Waals surface area contributed by atoms with Crippen LogP contribution in [0.2, 0.25) is 0 Å². The summed E-state index contributed by atoms with van der Waals surface area (Å²) in [6.45, 7) is 0. The standard InChI is InChI=1S/C23H22N4O3S/c1-29-18-11-9-16(10-12-18)20-13-19(15-5-3-2-4-6-15)26-27(20)21(28)14-31-23-25-24-22(30-23)17-7-8-17/h2-6,9-12,17,20H,7-8,13-14H2,1H3/t20-/m1/s1. The van der Waals surface area contributed by atoms with Gasteiger partial charge in [-0.15, -0.1) is 10.2 Å². The number of methoxy groups -OCH3 is 1. The number of thioether (sulfide) groups is 1. The lowest BCUT2D eigenvalue weighted by molar-refractivity contribution is -0.130. The van der Waals surface area contributed by atoms with E-state index in [4.69, 9.17) is 14.3 Å². The van der Waals surface area contributed by atoms with E-state index in [-0.39, 0.29) is 17.7 Å². The number of rotatable bonds is 7. The van der Waals surface area contributed by atoms with Crippen LogP contribution in [0.3, 0.4) is 0 Å². The molecule has 0 bridgehead atoms. The number of aromatic nitrogens is 2. The molecule has 31 heavy (non-hydrogen) atoms. The van der Waals surface area contributed by atoms with Crippen molar-refractivity contribution in [2.45, 2.75) is 36.4 Å². The SMILES string of the molecule is COc1ccc([C@H]2CC(c3ccccc3)=NN2C(=O)CSc2nnc(C3CC3)o2)cc1. The lowest BCUT2D eigenvalue weighted by atomic mass is 9.98. The molecule has 1 fully saturated rings. The van der Waals surface area contributed by atoms with Gasteiger partial charge in [0.1, 0.15) is 5.75 Å². The van der Waals surface area contributed by atoms with Gasteiger partial charge in [0.25, 0.3) is 11.1 Å². The zero-order valence-electron chi connectivity index (χ0n) is 17.1. The molecule has 0 saturated heterocycles. The van der Waals surface area contributed by atoms with Crippen LogP contribution in [-0.2, 0) is 4.79 Å². The highest BCUT2D eigenvalue weighted by atomic mass is 32.2. The Kier molecular flexibility index (Phi) is 5.46.